The lowest BCUT2D eigenvalue weighted by molar-refractivity contribution is 0.178. The summed E-state index contributed by atoms with van der Waals surface area (Å²) < 4.78 is 6.42. The quantitative estimate of drug-likeness (QED) is 0.880. The number of aliphatic hydroxyl groups excluding tert-OH is 1. The van der Waals surface area contributed by atoms with E-state index in [0.29, 0.717) is 22.2 Å². The molecule has 7 heteroatoms. The van der Waals surface area contributed by atoms with Gasteiger partial charge in [0.25, 0.3) is 0 Å². The first-order chi connectivity index (χ1) is 8.27. The number of aliphatic hydroxyl groups is 1. The van der Waals surface area contributed by atoms with Crippen LogP contribution < -0.4 is 0 Å². The molecule has 0 radical (unpaired) electrons. The number of rotatable bonds is 4. The summed E-state index contributed by atoms with van der Waals surface area (Å²) in [5.41, 5.74) is 1.13. The third kappa shape index (κ3) is 2.28. The van der Waals surface area contributed by atoms with E-state index in [1.54, 1.807) is 19.5 Å². The highest BCUT2D eigenvalue weighted by Gasteiger charge is 2.17. The first-order valence-corrected chi connectivity index (χ1v) is 5.28. The Labute approximate surface area is 103 Å². The minimum atomic E-state index is -0.197. The minimum absolute atomic E-state index is 0.197. The Bertz CT molecular complexity index is 501. The van der Waals surface area contributed by atoms with E-state index < -0.39 is 0 Å². The molecule has 0 unspecified atom stereocenters. The topological polar surface area (TPSA) is 73.1 Å². The summed E-state index contributed by atoms with van der Waals surface area (Å²) in [5.74, 6) is 0.495. The second-order valence-corrected chi connectivity index (χ2v) is 3.64. The van der Waals surface area contributed by atoms with E-state index in [4.69, 9.17) is 16.3 Å². The van der Waals surface area contributed by atoms with Crippen molar-refractivity contribution in [2.24, 2.45) is 0 Å². The molecule has 0 aliphatic carbocycles. The monoisotopic (exact) mass is 254 g/mol. The lowest BCUT2D eigenvalue weighted by Crippen LogP contribution is -2.00. The molecule has 17 heavy (non-hydrogen) atoms. The molecule has 0 spiro atoms. The number of halogens is 1. The molecule has 0 aliphatic heterocycles. The molecule has 6 nitrogen and oxygen atoms in total. The second kappa shape index (κ2) is 5.22. The zero-order valence-electron chi connectivity index (χ0n) is 9.17. The average molecular weight is 255 g/mol. The Balaban J connectivity index is 2.49. The van der Waals surface area contributed by atoms with E-state index in [9.17, 15) is 5.11 Å². The summed E-state index contributed by atoms with van der Waals surface area (Å²) in [6, 6.07) is 0. The van der Waals surface area contributed by atoms with Crippen molar-refractivity contribution in [3.63, 3.8) is 0 Å². The number of aromatic nitrogens is 4. The molecule has 2 heterocycles. The van der Waals surface area contributed by atoms with Crippen LogP contribution in [0.25, 0.3) is 5.82 Å². The van der Waals surface area contributed by atoms with Gasteiger partial charge in [-0.05, 0) is 0 Å². The van der Waals surface area contributed by atoms with Gasteiger partial charge in [0.1, 0.15) is 5.15 Å². The number of methoxy groups -OCH3 is 1. The maximum atomic E-state index is 9.26. The van der Waals surface area contributed by atoms with Crippen molar-refractivity contribution in [2.45, 2.75) is 13.2 Å². The molecule has 0 amide bonds. The molecule has 0 aromatic carbocycles. The first-order valence-electron chi connectivity index (χ1n) is 4.90. The van der Waals surface area contributed by atoms with Gasteiger partial charge in [0.2, 0.25) is 0 Å². The van der Waals surface area contributed by atoms with E-state index in [-0.39, 0.29) is 13.2 Å². The third-order valence-electron chi connectivity index (χ3n) is 2.21. The van der Waals surface area contributed by atoms with Crippen LogP contribution in [0.2, 0.25) is 5.15 Å². The van der Waals surface area contributed by atoms with Gasteiger partial charge in [-0.25, -0.2) is 9.67 Å². The molecule has 2 aromatic heterocycles. The highest BCUT2D eigenvalue weighted by Crippen LogP contribution is 2.23. The lowest BCUT2D eigenvalue weighted by atomic mass is 10.3. The molecule has 90 valence electrons. The summed E-state index contributed by atoms with van der Waals surface area (Å²) in [6.07, 6.45) is 4.64. The van der Waals surface area contributed by atoms with Crippen LogP contribution in [0.4, 0.5) is 0 Å². The van der Waals surface area contributed by atoms with Crippen LogP contribution in [-0.4, -0.2) is 32.0 Å². The Hall–Kier alpha value is -1.50. The summed E-state index contributed by atoms with van der Waals surface area (Å²) in [7, 11) is 1.55. The molecule has 0 bridgehead atoms. The van der Waals surface area contributed by atoms with Crippen molar-refractivity contribution < 1.29 is 9.84 Å². The van der Waals surface area contributed by atoms with Crippen LogP contribution in [0.3, 0.4) is 0 Å². The van der Waals surface area contributed by atoms with Crippen LogP contribution in [-0.2, 0) is 18.0 Å². The van der Waals surface area contributed by atoms with Crippen LogP contribution in [0.15, 0.2) is 18.6 Å². The molecule has 2 rings (SSSR count). The molecule has 0 saturated heterocycles. The molecule has 0 fully saturated rings. The summed E-state index contributed by atoms with van der Waals surface area (Å²) in [6.45, 7) is 0.0840. The van der Waals surface area contributed by atoms with E-state index in [2.05, 4.69) is 15.1 Å². The van der Waals surface area contributed by atoms with Gasteiger partial charge in [0.05, 0.1) is 25.1 Å². The number of nitrogens with zero attached hydrogens (tertiary/aromatic N) is 4. The standard InChI is InChI=1S/C10H11ClN4O2/c1-17-6-8-7(5-16)10(11)15(14-8)9-4-12-2-3-13-9/h2-4,16H,5-6H2,1H3. The molecule has 0 saturated carbocycles. The number of ether oxygens (including phenoxy) is 1. The minimum Gasteiger partial charge on any atom is -0.391 e. The van der Waals surface area contributed by atoms with Crippen molar-refractivity contribution >= 4 is 11.6 Å². The Morgan fingerprint density at radius 3 is 2.88 bits per heavy atom. The Morgan fingerprint density at radius 2 is 2.29 bits per heavy atom. The fraction of sp³-hybridized carbons (Fsp3) is 0.300. The second-order valence-electron chi connectivity index (χ2n) is 3.28. The van der Waals surface area contributed by atoms with Gasteiger partial charge in [-0.2, -0.15) is 5.10 Å². The fourth-order valence-corrected chi connectivity index (χ4v) is 1.73. The van der Waals surface area contributed by atoms with Crippen LogP contribution >= 0.6 is 11.6 Å². The smallest absolute Gasteiger partial charge is 0.173 e. The van der Waals surface area contributed by atoms with Gasteiger partial charge in [0, 0.05) is 25.1 Å². The van der Waals surface area contributed by atoms with E-state index in [0.717, 1.165) is 0 Å². The van der Waals surface area contributed by atoms with E-state index in [1.807, 2.05) is 0 Å². The summed E-state index contributed by atoms with van der Waals surface area (Å²) in [5, 5.41) is 13.8. The van der Waals surface area contributed by atoms with Gasteiger partial charge < -0.3 is 9.84 Å². The van der Waals surface area contributed by atoms with Crippen LogP contribution in [0.1, 0.15) is 11.3 Å². The molecule has 0 atom stereocenters. The first kappa shape index (κ1) is 12.0. The predicted octanol–water partition coefficient (Wildman–Crippen LogP) is 0.954. The lowest BCUT2D eigenvalue weighted by Gasteiger charge is -2.00. The van der Waals surface area contributed by atoms with Crippen molar-refractivity contribution in [3.05, 3.63) is 35.0 Å². The number of hydrogen-bond donors (Lipinski definition) is 1. The molecular formula is C10H11ClN4O2. The van der Waals surface area contributed by atoms with Gasteiger partial charge in [-0.1, -0.05) is 11.6 Å². The maximum Gasteiger partial charge on any atom is 0.173 e. The molecule has 1 N–H and O–H groups in total. The van der Waals surface area contributed by atoms with E-state index >= 15 is 0 Å². The normalized spacial score (nSPS) is 10.8. The maximum absolute atomic E-state index is 9.26. The van der Waals surface area contributed by atoms with Gasteiger partial charge >= 0.3 is 0 Å². The van der Waals surface area contributed by atoms with Gasteiger partial charge in [-0.15, -0.1) is 0 Å². The average Bonchev–Trinajstić information content (AvgIpc) is 2.67. The zero-order chi connectivity index (χ0) is 12.3. The summed E-state index contributed by atoms with van der Waals surface area (Å²) in [4.78, 5) is 8.03. The van der Waals surface area contributed by atoms with Crippen molar-refractivity contribution in [1.82, 2.24) is 19.7 Å². The highest BCUT2D eigenvalue weighted by atomic mass is 35.5. The fourth-order valence-electron chi connectivity index (χ4n) is 1.43. The van der Waals surface area contributed by atoms with Crippen molar-refractivity contribution in [3.8, 4) is 5.82 Å². The Kier molecular flexibility index (Phi) is 3.68. The molecule has 2 aromatic rings. The van der Waals surface area contributed by atoms with Crippen molar-refractivity contribution in [2.75, 3.05) is 7.11 Å². The Morgan fingerprint density at radius 1 is 1.47 bits per heavy atom. The zero-order valence-corrected chi connectivity index (χ0v) is 9.92. The number of hydrogen-bond acceptors (Lipinski definition) is 5. The SMILES string of the molecule is COCc1nn(-c2cnccn2)c(Cl)c1CO. The molecular weight excluding hydrogens is 244 g/mol. The van der Waals surface area contributed by atoms with Crippen LogP contribution in [0.5, 0.6) is 0 Å². The van der Waals surface area contributed by atoms with Crippen molar-refractivity contribution in [1.29, 1.82) is 0 Å². The predicted molar refractivity (Wildman–Crippen MR) is 60.8 cm³/mol. The highest BCUT2D eigenvalue weighted by molar-refractivity contribution is 6.30. The van der Waals surface area contributed by atoms with Gasteiger partial charge in [-0.3, -0.25) is 4.98 Å². The van der Waals surface area contributed by atoms with Crippen LogP contribution in [0, 0.1) is 0 Å². The largest absolute Gasteiger partial charge is 0.391 e. The molecule has 0 aliphatic rings. The van der Waals surface area contributed by atoms with E-state index in [1.165, 1.54) is 10.9 Å². The summed E-state index contributed by atoms with van der Waals surface area (Å²) >= 11 is 6.12. The third-order valence-corrected chi connectivity index (χ3v) is 2.60. The van der Waals surface area contributed by atoms with Gasteiger partial charge in [0.15, 0.2) is 5.82 Å².